The Hall–Kier alpha value is -0.870. The van der Waals surface area contributed by atoms with Gasteiger partial charge in [0, 0.05) is 6.54 Å². The predicted octanol–water partition coefficient (Wildman–Crippen LogP) is 1.52. The lowest BCUT2D eigenvalue weighted by atomic mass is 10.2. The largest absolute Gasteiger partial charge is 0.315 e. The molecule has 1 saturated heterocycles. The number of hydrogen-bond acceptors (Lipinski definition) is 3. The summed E-state index contributed by atoms with van der Waals surface area (Å²) in [6.45, 7) is 3.42. The van der Waals surface area contributed by atoms with Crippen LogP contribution in [0, 0.1) is 6.92 Å². The molecule has 1 N–H and O–H groups in total. The summed E-state index contributed by atoms with van der Waals surface area (Å²) in [6.07, 6.45) is 1.71. The van der Waals surface area contributed by atoms with E-state index < -0.39 is 9.84 Å². The predicted molar refractivity (Wildman–Crippen MR) is 64.3 cm³/mol. The number of benzene rings is 1. The van der Waals surface area contributed by atoms with Crippen LogP contribution in [0.2, 0.25) is 0 Å². The first-order valence-corrected chi connectivity index (χ1v) is 7.16. The van der Waals surface area contributed by atoms with Crippen LogP contribution >= 0.6 is 0 Å². The summed E-state index contributed by atoms with van der Waals surface area (Å²) >= 11 is 0. The van der Waals surface area contributed by atoms with Crippen molar-refractivity contribution in [3.63, 3.8) is 0 Å². The number of aryl methyl sites for hydroxylation is 1. The molecule has 2 rings (SSSR count). The molecule has 0 radical (unpaired) electrons. The summed E-state index contributed by atoms with van der Waals surface area (Å²) in [5, 5.41) is 2.89. The second kappa shape index (κ2) is 4.55. The Morgan fingerprint density at radius 2 is 2.19 bits per heavy atom. The smallest absolute Gasteiger partial charge is 0.182 e. The van der Waals surface area contributed by atoms with E-state index in [1.807, 2.05) is 13.0 Å². The lowest BCUT2D eigenvalue weighted by Gasteiger charge is -2.22. The number of rotatable bonds is 2. The van der Waals surface area contributed by atoms with E-state index in [-0.39, 0.29) is 5.25 Å². The van der Waals surface area contributed by atoms with Gasteiger partial charge < -0.3 is 5.32 Å². The zero-order chi connectivity index (χ0) is 11.6. The van der Waals surface area contributed by atoms with Crippen LogP contribution in [0.1, 0.15) is 18.4 Å². The summed E-state index contributed by atoms with van der Waals surface area (Å²) < 4.78 is 24.6. The van der Waals surface area contributed by atoms with E-state index in [4.69, 9.17) is 0 Å². The van der Waals surface area contributed by atoms with Gasteiger partial charge in [0.15, 0.2) is 9.84 Å². The Labute approximate surface area is 96.8 Å². The summed E-state index contributed by atoms with van der Waals surface area (Å²) in [5.41, 5.74) is 0.991. The molecule has 1 atom stereocenters. The van der Waals surface area contributed by atoms with Crippen molar-refractivity contribution >= 4 is 9.84 Å². The Bertz CT molecular complexity index is 462. The Kier molecular flexibility index (Phi) is 3.30. The minimum absolute atomic E-state index is 0.261. The summed E-state index contributed by atoms with van der Waals surface area (Å²) in [5.74, 6) is 0. The molecule has 0 aliphatic carbocycles. The van der Waals surface area contributed by atoms with Crippen molar-refractivity contribution in [2.75, 3.05) is 13.1 Å². The minimum Gasteiger partial charge on any atom is -0.315 e. The molecule has 4 heteroatoms. The second-order valence-electron chi connectivity index (χ2n) is 4.33. The first-order valence-electron chi connectivity index (χ1n) is 5.62. The highest BCUT2D eigenvalue weighted by Crippen LogP contribution is 2.21. The lowest BCUT2D eigenvalue weighted by Crippen LogP contribution is -2.38. The molecule has 0 bridgehead atoms. The fraction of sp³-hybridized carbons (Fsp3) is 0.500. The van der Waals surface area contributed by atoms with Gasteiger partial charge in [0.2, 0.25) is 0 Å². The Morgan fingerprint density at radius 3 is 2.81 bits per heavy atom. The summed E-state index contributed by atoms with van der Waals surface area (Å²) in [7, 11) is -3.15. The molecular weight excluding hydrogens is 222 g/mol. The number of piperidine rings is 1. The van der Waals surface area contributed by atoms with Crippen LogP contribution in [0.25, 0.3) is 0 Å². The maximum absolute atomic E-state index is 12.3. The van der Waals surface area contributed by atoms with Crippen LogP contribution in [0.3, 0.4) is 0 Å². The van der Waals surface area contributed by atoms with Crippen molar-refractivity contribution in [1.29, 1.82) is 0 Å². The highest BCUT2D eigenvalue weighted by molar-refractivity contribution is 7.92. The van der Waals surface area contributed by atoms with Gasteiger partial charge in [0.05, 0.1) is 10.1 Å². The molecule has 3 nitrogen and oxygen atoms in total. The molecule has 1 heterocycles. The molecule has 0 aromatic heterocycles. The van der Waals surface area contributed by atoms with Crippen LogP contribution in [-0.4, -0.2) is 26.8 Å². The van der Waals surface area contributed by atoms with E-state index in [0.29, 0.717) is 11.4 Å². The molecule has 0 amide bonds. The van der Waals surface area contributed by atoms with Crippen LogP contribution in [0.15, 0.2) is 29.2 Å². The van der Waals surface area contributed by atoms with E-state index in [9.17, 15) is 8.42 Å². The normalized spacial score (nSPS) is 21.9. The molecule has 16 heavy (non-hydrogen) atoms. The van der Waals surface area contributed by atoms with Crippen molar-refractivity contribution < 1.29 is 8.42 Å². The number of sulfone groups is 1. The topological polar surface area (TPSA) is 46.2 Å². The fourth-order valence-corrected chi connectivity index (χ4v) is 3.89. The quantitative estimate of drug-likeness (QED) is 0.851. The third-order valence-corrected chi connectivity index (χ3v) is 5.20. The minimum atomic E-state index is -3.15. The maximum atomic E-state index is 12.3. The molecule has 1 aliphatic heterocycles. The van der Waals surface area contributed by atoms with E-state index in [2.05, 4.69) is 5.32 Å². The number of hydrogen-bond donors (Lipinski definition) is 1. The van der Waals surface area contributed by atoms with E-state index in [0.717, 1.165) is 24.9 Å². The van der Waals surface area contributed by atoms with Gasteiger partial charge in [0.1, 0.15) is 0 Å². The highest BCUT2D eigenvalue weighted by Gasteiger charge is 2.28. The van der Waals surface area contributed by atoms with Gasteiger partial charge in [-0.15, -0.1) is 0 Å². The van der Waals surface area contributed by atoms with Crippen molar-refractivity contribution in [3.8, 4) is 0 Å². The monoisotopic (exact) mass is 239 g/mol. The van der Waals surface area contributed by atoms with Crippen LogP contribution in [-0.2, 0) is 9.84 Å². The van der Waals surface area contributed by atoms with Crippen molar-refractivity contribution in [3.05, 3.63) is 29.8 Å². The van der Waals surface area contributed by atoms with E-state index in [1.165, 1.54) is 0 Å². The molecule has 1 fully saturated rings. The van der Waals surface area contributed by atoms with Crippen LogP contribution < -0.4 is 5.32 Å². The van der Waals surface area contributed by atoms with Crippen LogP contribution in [0.5, 0.6) is 0 Å². The van der Waals surface area contributed by atoms with Crippen molar-refractivity contribution in [1.82, 2.24) is 5.32 Å². The molecule has 1 aromatic rings. The standard InChI is InChI=1S/C12H17NO2S/c1-10-4-2-5-11(8-10)16(14,15)12-6-3-7-13-9-12/h2,4-5,8,12-13H,3,6-7,9H2,1H3. The average molecular weight is 239 g/mol. The van der Waals surface area contributed by atoms with E-state index in [1.54, 1.807) is 18.2 Å². The van der Waals surface area contributed by atoms with Crippen molar-refractivity contribution in [2.45, 2.75) is 29.9 Å². The molecule has 1 aliphatic rings. The molecule has 1 unspecified atom stereocenters. The summed E-state index contributed by atoms with van der Waals surface area (Å²) in [6, 6.07) is 7.16. The third kappa shape index (κ3) is 2.28. The SMILES string of the molecule is Cc1cccc(S(=O)(=O)C2CCCNC2)c1. The van der Waals surface area contributed by atoms with Gasteiger partial charge in [-0.25, -0.2) is 8.42 Å². The lowest BCUT2D eigenvalue weighted by molar-refractivity contribution is 0.497. The molecule has 88 valence electrons. The first-order chi connectivity index (χ1) is 7.60. The van der Waals surface area contributed by atoms with Gasteiger partial charge in [-0.05, 0) is 44.0 Å². The molecule has 0 saturated carbocycles. The zero-order valence-electron chi connectivity index (χ0n) is 9.44. The van der Waals surface area contributed by atoms with Gasteiger partial charge in [-0.3, -0.25) is 0 Å². The second-order valence-corrected chi connectivity index (χ2v) is 6.56. The Morgan fingerprint density at radius 1 is 1.38 bits per heavy atom. The molecule has 1 aromatic carbocycles. The van der Waals surface area contributed by atoms with Gasteiger partial charge in [0.25, 0.3) is 0 Å². The number of nitrogens with one attached hydrogen (secondary N) is 1. The third-order valence-electron chi connectivity index (χ3n) is 3.01. The maximum Gasteiger partial charge on any atom is 0.182 e. The Balaban J connectivity index is 2.30. The molecular formula is C12H17NO2S. The van der Waals surface area contributed by atoms with Crippen LogP contribution in [0.4, 0.5) is 0 Å². The first kappa shape index (κ1) is 11.6. The average Bonchev–Trinajstić information content (AvgIpc) is 2.30. The highest BCUT2D eigenvalue weighted by atomic mass is 32.2. The van der Waals surface area contributed by atoms with Crippen molar-refractivity contribution in [2.24, 2.45) is 0 Å². The van der Waals surface area contributed by atoms with Gasteiger partial charge in [-0.1, -0.05) is 12.1 Å². The van der Waals surface area contributed by atoms with Gasteiger partial charge in [-0.2, -0.15) is 0 Å². The molecule has 0 spiro atoms. The van der Waals surface area contributed by atoms with E-state index >= 15 is 0 Å². The van der Waals surface area contributed by atoms with Gasteiger partial charge >= 0.3 is 0 Å². The zero-order valence-corrected chi connectivity index (χ0v) is 10.3. The fourth-order valence-electron chi connectivity index (χ4n) is 2.07. The summed E-state index contributed by atoms with van der Waals surface area (Å²) in [4.78, 5) is 0.459.